The Hall–Kier alpha value is -3.10. The molecule has 1 aliphatic rings. The first-order chi connectivity index (χ1) is 13.3. The van der Waals surface area contributed by atoms with E-state index in [0.29, 0.717) is 18.4 Å². The second-order valence-corrected chi connectivity index (χ2v) is 6.35. The Bertz CT molecular complexity index is 861. The number of pyridine rings is 1. The number of carbonyl (C=O) groups is 2. The molecule has 148 valence electrons. The number of halogens is 3. The molecule has 1 saturated heterocycles. The van der Waals surface area contributed by atoms with Crippen molar-refractivity contribution in [1.82, 2.24) is 15.6 Å². The molecule has 0 bridgehead atoms. The third-order valence-corrected chi connectivity index (χ3v) is 4.32. The lowest BCUT2D eigenvalue weighted by Crippen LogP contribution is -2.42. The lowest BCUT2D eigenvalue weighted by Gasteiger charge is -2.21. The van der Waals surface area contributed by atoms with Gasteiger partial charge < -0.3 is 15.4 Å². The number of hydrogen-bond donors (Lipinski definition) is 2. The number of hydrogen-bond acceptors (Lipinski definition) is 4. The average molecular weight is 393 g/mol. The summed E-state index contributed by atoms with van der Waals surface area (Å²) in [6, 6.07) is 7.80. The first-order valence-corrected chi connectivity index (χ1v) is 8.66. The Morgan fingerprint density at radius 2 is 2.11 bits per heavy atom. The van der Waals surface area contributed by atoms with Crippen molar-refractivity contribution in [3.63, 3.8) is 0 Å². The van der Waals surface area contributed by atoms with Gasteiger partial charge in [0.15, 0.2) is 0 Å². The molecule has 2 amide bonds. The summed E-state index contributed by atoms with van der Waals surface area (Å²) in [6.45, 7) is 0.386. The second kappa shape index (κ2) is 8.28. The summed E-state index contributed by atoms with van der Waals surface area (Å²) in [5.41, 5.74) is -0.303. The number of rotatable bonds is 5. The van der Waals surface area contributed by atoms with Crippen molar-refractivity contribution in [2.75, 3.05) is 6.54 Å². The van der Waals surface area contributed by atoms with Crippen LogP contribution in [0.15, 0.2) is 42.6 Å². The van der Waals surface area contributed by atoms with Gasteiger partial charge in [-0.15, -0.1) is 0 Å². The second-order valence-electron chi connectivity index (χ2n) is 6.35. The topological polar surface area (TPSA) is 80.3 Å². The number of carbonyl (C=O) groups excluding carboxylic acids is 2. The van der Waals surface area contributed by atoms with E-state index in [1.54, 1.807) is 12.1 Å². The summed E-state index contributed by atoms with van der Waals surface area (Å²) >= 11 is 0. The lowest BCUT2D eigenvalue weighted by atomic mass is 9.98. The number of nitrogens with zero attached hydrogens (tertiary/aromatic N) is 1. The highest BCUT2D eigenvalue weighted by molar-refractivity contribution is 5.83. The fourth-order valence-corrected chi connectivity index (χ4v) is 2.78. The monoisotopic (exact) mass is 393 g/mol. The highest BCUT2D eigenvalue weighted by Gasteiger charge is 2.30. The predicted octanol–water partition coefficient (Wildman–Crippen LogP) is 3.04. The van der Waals surface area contributed by atoms with E-state index in [0.717, 1.165) is 12.1 Å². The van der Waals surface area contributed by atoms with E-state index in [1.807, 2.05) is 0 Å². The maximum absolute atomic E-state index is 12.9. The molecule has 6 nitrogen and oxygen atoms in total. The quantitative estimate of drug-likeness (QED) is 0.818. The van der Waals surface area contributed by atoms with Crippen molar-refractivity contribution in [3.05, 3.63) is 53.7 Å². The molecule has 0 aliphatic carbocycles. The maximum Gasteiger partial charge on any atom is 0.416 e. The lowest BCUT2D eigenvalue weighted by molar-refractivity contribution is -0.137. The molecule has 2 N–H and O–H groups in total. The van der Waals surface area contributed by atoms with Crippen LogP contribution in [0.3, 0.4) is 0 Å². The molecule has 0 saturated carbocycles. The van der Waals surface area contributed by atoms with Crippen LogP contribution in [0.4, 0.5) is 13.2 Å². The summed E-state index contributed by atoms with van der Waals surface area (Å²) in [5.74, 6) is -0.501. The van der Waals surface area contributed by atoms with Gasteiger partial charge in [-0.3, -0.25) is 9.59 Å². The molecule has 2 aromatic rings. The van der Waals surface area contributed by atoms with E-state index in [9.17, 15) is 22.8 Å². The number of amides is 2. The first kappa shape index (κ1) is 19.7. The van der Waals surface area contributed by atoms with Crippen molar-refractivity contribution >= 4 is 11.8 Å². The van der Waals surface area contributed by atoms with Crippen molar-refractivity contribution in [2.45, 2.75) is 25.6 Å². The van der Waals surface area contributed by atoms with E-state index in [2.05, 4.69) is 15.6 Å². The Morgan fingerprint density at radius 3 is 2.82 bits per heavy atom. The molecule has 9 heteroatoms. The fraction of sp³-hybridized carbons (Fsp3) is 0.316. The summed E-state index contributed by atoms with van der Waals surface area (Å²) in [4.78, 5) is 27.5. The molecule has 1 aromatic carbocycles. The molecule has 1 fully saturated rings. The van der Waals surface area contributed by atoms with Gasteiger partial charge >= 0.3 is 6.18 Å². The number of nitrogens with one attached hydrogen (secondary N) is 2. The average Bonchev–Trinajstić information content (AvgIpc) is 2.67. The van der Waals surface area contributed by atoms with Crippen LogP contribution in [0.2, 0.25) is 0 Å². The minimum absolute atomic E-state index is 0.00362. The number of alkyl halides is 3. The summed E-state index contributed by atoms with van der Waals surface area (Å²) in [5, 5.41) is 5.40. The zero-order chi connectivity index (χ0) is 20.1. The van der Waals surface area contributed by atoms with Gasteiger partial charge in [0.25, 0.3) is 0 Å². The molecule has 1 aromatic heterocycles. The predicted molar refractivity (Wildman–Crippen MR) is 93.3 cm³/mol. The van der Waals surface area contributed by atoms with Gasteiger partial charge in [0.1, 0.15) is 5.75 Å². The zero-order valence-electron chi connectivity index (χ0n) is 14.8. The van der Waals surface area contributed by atoms with Crippen LogP contribution in [0.5, 0.6) is 11.6 Å². The smallest absolute Gasteiger partial charge is 0.416 e. The zero-order valence-corrected chi connectivity index (χ0v) is 14.8. The third-order valence-electron chi connectivity index (χ3n) is 4.32. The minimum Gasteiger partial charge on any atom is -0.439 e. The van der Waals surface area contributed by atoms with Crippen molar-refractivity contribution in [3.8, 4) is 11.6 Å². The standard InChI is InChI=1S/C19H18F3N3O3/c20-19(21,22)14-4-1-5-15(9-14)28-18-13(3-2-8-23-18)11-25-17(27)12-6-7-16(26)24-10-12/h1-5,8-9,12H,6-7,10-11H2,(H,24,26)(H,25,27)/t12-/m1/s1. The normalized spacial score (nSPS) is 17.0. The molecule has 1 aliphatic heterocycles. The number of ether oxygens (including phenoxy) is 1. The molecule has 0 spiro atoms. The van der Waals surface area contributed by atoms with Crippen LogP contribution in [-0.4, -0.2) is 23.3 Å². The minimum atomic E-state index is -4.48. The Kier molecular flexibility index (Phi) is 5.81. The molecule has 2 heterocycles. The van der Waals surface area contributed by atoms with E-state index < -0.39 is 11.7 Å². The van der Waals surface area contributed by atoms with Crippen LogP contribution in [0, 0.1) is 5.92 Å². The first-order valence-electron chi connectivity index (χ1n) is 8.66. The maximum atomic E-state index is 12.9. The fourth-order valence-electron chi connectivity index (χ4n) is 2.78. The van der Waals surface area contributed by atoms with Crippen molar-refractivity contribution < 1.29 is 27.5 Å². The Balaban J connectivity index is 1.66. The molecular formula is C19H18F3N3O3. The van der Waals surface area contributed by atoms with E-state index >= 15 is 0 Å². The Labute approximate surface area is 159 Å². The van der Waals surface area contributed by atoms with Gasteiger partial charge in [0, 0.05) is 31.3 Å². The molecule has 0 unspecified atom stereocenters. The van der Waals surface area contributed by atoms with Gasteiger partial charge in [0.2, 0.25) is 17.7 Å². The summed E-state index contributed by atoms with van der Waals surface area (Å²) in [7, 11) is 0. The van der Waals surface area contributed by atoms with Crippen LogP contribution >= 0.6 is 0 Å². The number of aromatic nitrogens is 1. The van der Waals surface area contributed by atoms with Crippen LogP contribution < -0.4 is 15.4 Å². The largest absolute Gasteiger partial charge is 0.439 e. The number of benzene rings is 1. The summed E-state index contributed by atoms with van der Waals surface area (Å²) in [6.07, 6.45) is -2.26. The van der Waals surface area contributed by atoms with Gasteiger partial charge in [-0.25, -0.2) is 4.98 Å². The molecular weight excluding hydrogens is 375 g/mol. The van der Waals surface area contributed by atoms with Gasteiger partial charge in [-0.2, -0.15) is 13.2 Å². The van der Waals surface area contributed by atoms with Crippen molar-refractivity contribution in [2.24, 2.45) is 5.92 Å². The van der Waals surface area contributed by atoms with Crippen LogP contribution in [0.25, 0.3) is 0 Å². The third kappa shape index (κ3) is 4.99. The van der Waals surface area contributed by atoms with Gasteiger partial charge in [-0.1, -0.05) is 12.1 Å². The number of piperidine rings is 1. The summed E-state index contributed by atoms with van der Waals surface area (Å²) < 4.78 is 44.1. The molecule has 1 atom stereocenters. The van der Waals surface area contributed by atoms with Crippen LogP contribution in [0.1, 0.15) is 24.0 Å². The highest BCUT2D eigenvalue weighted by atomic mass is 19.4. The van der Waals surface area contributed by atoms with E-state index in [-0.39, 0.29) is 42.5 Å². The van der Waals surface area contributed by atoms with Crippen LogP contribution in [-0.2, 0) is 22.3 Å². The van der Waals surface area contributed by atoms with Gasteiger partial charge in [0.05, 0.1) is 11.5 Å². The Morgan fingerprint density at radius 1 is 1.29 bits per heavy atom. The van der Waals surface area contributed by atoms with E-state index in [1.165, 1.54) is 18.3 Å². The van der Waals surface area contributed by atoms with Crippen molar-refractivity contribution in [1.29, 1.82) is 0 Å². The van der Waals surface area contributed by atoms with Gasteiger partial charge in [-0.05, 0) is 30.7 Å². The highest BCUT2D eigenvalue weighted by Crippen LogP contribution is 2.32. The molecule has 3 rings (SSSR count). The molecule has 28 heavy (non-hydrogen) atoms. The van der Waals surface area contributed by atoms with E-state index in [4.69, 9.17) is 4.74 Å². The SMILES string of the molecule is O=C1CC[C@@H](C(=O)NCc2cccnc2Oc2cccc(C(F)(F)F)c2)CN1. The molecule has 0 radical (unpaired) electrons.